The fourth-order valence-electron chi connectivity index (χ4n) is 5.57. The van der Waals surface area contributed by atoms with E-state index >= 15 is 0 Å². The van der Waals surface area contributed by atoms with Gasteiger partial charge in [0.1, 0.15) is 0 Å². The van der Waals surface area contributed by atoms with Crippen molar-refractivity contribution < 1.29 is 40.0 Å². The number of ether oxygens (including phenoxy) is 4. The van der Waals surface area contributed by atoms with Crippen molar-refractivity contribution in [2.75, 3.05) is 26.4 Å². The topological polar surface area (TPSA) is 36.9 Å². The summed E-state index contributed by atoms with van der Waals surface area (Å²) >= 11 is 37.1. The van der Waals surface area contributed by atoms with Gasteiger partial charge in [0, 0.05) is 17.5 Å². The normalized spacial score (nSPS) is 9.89. The van der Waals surface area contributed by atoms with Crippen LogP contribution in [0.2, 0.25) is 0 Å². The summed E-state index contributed by atoms with van der Waals surface area (Å²) in [5.74, 6) is 0. The van der Waals surface area contributed by atoms with Crippen molar-refractivity contribution in [3.8, 4) is 0 Å². The fraction of sp³-hybridized carbons (Fsp3) is 0.909. The molecule has 0 atom stereocenters. The minimum absolute atomic E-state index is 0. The van der Waals surface area contributed by atoms with Gasteiger partial charge < -0.3 is 118 Å². The Morgan fingerprint density at radius 2 is 0.386 bits per heavy atom. The summed E-state index contributed by atoms with van der Waals surface area (Å²) < 4.78 is 21.2. The largest absolute Gasteiger partial charge is 4.00 e. The smallest absolute Gasteiger partial charge is 0.514 e. The van der Waals surface area contributed by atoms with Gasteiger partial charge in [-0.1, -0.05) is 207 Å². The third-order valence-electron chi connectivity index (χ3n) is 8.87. The molecule has 0 aliphatic heterocycles. The second kappa shape index (κ2) is 63.8. The van der Waals surface area contributed by atoms with Gasteiger partial charge in [0.15, 0.2) is 0 Å². The van der Waals surface area contributed by atoms with E-state index in [-0.39, 0.29) is 38.6 Å². The van der Waals surface area contributed by atoms with Gasteiger partial charge in [-0.15, -0.1) is 0 Å². The number of thiocarbonyl (C=S) groups is 4. The Hall–Kier alpha value is 1.13. The van der Waals surface area contributed by atoms with E-state index in [4.69, 9.17) is 18.9 Å². The molecule has 0 saturated heterocycles. The molecule has 0 aromatic heterocycles. The summed E-state index contributed by atoms with van der Waals surface area (Å²) in [6.45, 7) is 11.8. The van der Waals surface area contributed by atoms with E-state index in [2.05, 4.69) is 127 Å². The SMILES string of the molecule is CCCCCCCCCCOC(=S)[S-].CCCCCCCCCCOC(=S)[S-].CCCCCCCCCCOC(=S)[S-].CCCCCCCCCCOC(=S)[S-].[Mo+4]. The molecule has 338 valence electrons. The number of hydrogen-bond acceptors (Lipinski definition) is 12. The Morgan fingerprint density at radius 1 is 0.263 bits per heavy atom. The zero-order valence-corrected chi connectivity index (χ0v) is 45.3. The molecule has 0 aromatic rings. The van der Waals surface area contributed by atoms with Crippen LogP contribution in [-0.4, -0.2) is 44.0 Å². The molecule has 0 fully saturated rings. The molecule has 0 amide bonds. The number of unbranched alkanes of at least 4 members (excludes halogenated alkanes) is 28. The van der Waals surface area contributed by atoms with Crippen molar-refractivity contribution in [2.24, 2.45) is 0 Å². The van der Waals surface area contributed by atoms with Crippen molar-refractivity contribution in [1.29, 1.82) is 0 Å². The molecule has 0 radical (unpaired) electrons. The van der Waals surface area contributed by atoms with Crippen LogP contribution < -0.4 is 0 Å². The van der Waals surface area contributed by atoms with Gasteiger partial charge in [0.2, 0.25) is 0 Å². The standard InChI is InChI=1S/4C11H22OS2.Mo/c4*1-2-3-4-5-6-7-8-9-10-12-11(13)14;/h4*2-10H2,1H3,(H,13,14);/q;;;;+4/p-4. The predicted molar refractivity (Wildman–Crippen MR) is 274 cm³/mol. The summed E-state index contributed by atoms with van der Waals surface area (Å²) in [6.07, 6.45) is 41.9. The summed E-state index contributed by atoms with van der Waals surface area (Å²) in [5.41, 5.74) is 0. The molecule has 0 aliphatic carbocycles. The van der Waals surface area contributed by atoms with E-state index in [1.54, 1.807) is 0 Å². The van der Waals surface area contributed by atoms with Crippen LogP contribution in [0.3, 0.4) is 0 Å². The predicted octanol–water partition coefficient (Wildman–Crippen LogP) is 15.9. The van der Waals surface area contributed by atoms with Gasteiger partial charge in [-0.25, -0.2) is 0 Å². The Kier molecular flexibility index (Phi) is 75.2. The first-order valence-corrected chi connectivity index (χ1v) is 25.7. The molecule has 0 aliphatic rings. The van der Waals surface area contributed by atoms with Gasteiger partial charge in [-0.2, -0.15) is 0 Å². The van der Waals surface area contributed by atoms with Gasteiger partial charge >= 0.3 is 21.1 Å². The Labute approximate surface area is 412 Å². The van der Waals surface area contributed by atoms with Crippen molar-refractivity contribution >= 4 is 117 Å². The third-order valence-corrected chi connectivity index (χ3v) is 9.81. The summed E-state index contributed by atoms with van der Waals surface area (Å²) in [5, 5.41) is 0. The van der Waals surface area contributed by atoms with Crippen LogP contribution in [-0.2, 0) is 90.5 Å². The Morgan fingerprint density at radius 3 is 0.509 bits per heavy atom. The molecule has 4 nitrogen and oxygen atoms in total. The van der Waals surface area contributed by atoms with Crippen LogP contribution in [0.1, 0.15) is 233 Å². The molecule has 0 rings (SSSR count). The summed E-state index contributed by atoms with van der Waals surface area (Å²) in [7, 11) is 0. The Bertz CT molecular complexity index is 684. The van der Waals surface area contributed by atoms with Crippen molar-refractivity contribution in [2.45, 2.75) is 233 Å². The van der Waals surface area contributed by atoms with Gasteiger partial charge in [0.05, 0.1) is 26.4 Å². The van der Waals surface area contributed by atoms with E-state index in [1.165, 1.54) is 180 Å². The van der Waals surface area contributed by atoms with E-state index in [0.717, 1.165) is 25.7 Å². The summed E-state index contributed by atoms with van der Waals surface area (Å²) in [4.78, 5) is 0. The minimum Gasteiger partial charge on any atom is -0.514 e. The van der Waals surface area contributed by atoms with Crippen LogP contribution in [0.15, 0.2) is 0 Å². The van der Waals surface area contributed by atoms with Crippen LogP contribution in [0.4, 0.5) is 0 Å². The van der Waals surface area contributed by atoms with Crippen molar-refractivity contribution in [1.82, 2.24) is 0 Å². The monoisotopic (exact) mass is 1030 g/mol. The van der Waals surface area contributed by atoms with Crippen LogP contribution >= 0.6 is 48.9 Å². The van der Waals surface area contributed by atoms with Crippen molar-refractivity contribution in [3.05, 3.63) is 0 Å². The summed E-state index contributed by atoms with van der Waals surface area (Å²) in [6, 6.07) is 0. The van der Waals surface area contributed by atoms with E-state index in [1.807, 2.05) is 0 Å². The molecular weight excluding hydrogens is 945 g/mol. The average Bonchev–Trinajstić information content (AvgIpc) is 3.15. The number of rotatable bonds is 36. The first kappa shape index (κ1) is 67.2. The van der Waals surface area contributed by atoms with E-state index in [9.17, 15) is 0 Å². The molecule has 57 heavy (non-hydrogen) atoms. The first-order valence-electron chi connectivity index (χ1n) is 22.4. The van der Waals surface area contributed by atoms with E-state index in [0.29, 0.717) is 26.4 Å². The molecule has 13 heteroatoms. The average molecular weight is 1030 g/mol. The maximum atomic E-state index is 5.03. The molecule has 0 spiro atoms. The molecular formula is C44H84MoO4S8. The number of hydrogen-bond donors (Lipinski definition) is 0. The van der Waals surface area contributed by atoms with Gasteiger partial charge in [-0.05, 0) is 25.7 Å². The quantitative estimate of drug-likeness (QED) is 0.0260. The molecule has 0 N–H and O–H groups in total. The van der Waals surface area contributed by atoms with Crippen LogP contribution in [0.5, 0.6) is 0 Å². The second-order valence-electron chi connectivity index (χ2n) is 14.3. The van der Waals surface area contributed by atoms with Crippen LogP contribution in [0.25, 0.3) is 0 Å². The zero-order valence-electron chi connectivity index (χ0n) is 36.8. The fourth-order valence-corrected chi connectivity index (χ4v) is 6.23. The Balaban J connectivity index is -0.000000210. The van der Waals surface area contributed by atoms with Crippen LogP contribution in [0, 0.1) is 0 Å². The maximum Gasteiger partial charge on any atom is 4.00 e. The van der Waals surface area contributed by atoms with Crippen molar-refractivity contribution in [3.63, 3.8) is 0 Å². The molecule has 0 aromatic carbocycles. The van der Waals surface area contributed by atoms with E-state index < -0.39 is 0 Å². The molecule has 0 saturated carbocycles. The third kappa shape index (κ3) is 85.3. The minimum atomic E-state index is 0. The van der Waals surface area contributed by atoms with Gasteiger partial charge in [-0.3, -0.25) is 0 Å². The zero-order chi connectivity index (χ0) is 42.6. The molecule has 0 unspecified atom stereocenters. The maximum absolute atomic E-state index is 5.03. The molecule has 0 bridgehead atoms. The molecule has 0 heterocycles. The first-order chi connectivity index (χ1) is 27.1. The van der Waals surface area contributed by atoms with Gasteiger partial charge in [0.25, 0.3) is 0 Å². The second-order valence-corrected chi connectivity index (χ2v) is 18.3.